The van der Waals surface area contributed by atoms with E-state index in [9.17, 15) is 13.6 Å². The van der Waals surface area contributed by atoms with Crippen molar-refractivity contribution in [3.8, 4) is 5.75 Å². The van der Waals surface area contributed by atoms with E-state index in [1.54, 1.807) is 37.5 Å². The number of ether oxygens (including phenoxy) is 2. The summed E-state index contributed by atoms with van der Waals surface area (Å²) < 4.78 is 35.8. The molecule has 0 bridgehead atoms. The zero-order chi connectivity index (χ0) is 16.8. The zero-order valence-electron chi connectivity index (χ0n) is 12.7. The van der Waals surface area contributed by atoms with Crippen LogP contribution >= 0.6 is 11.6 Å². The van der Waals surface area contributed by atoms with Gasteiger partial charge < -0.3 is 14.4 Å². The van der Waals surface area contributed by atoms with Crippen molar-refractivity contribution in [3.05, 3.63) is 35.9 Å². The Labute approximate surface area is 138 Å². The highest BCUT2D eigenvalue weighted by Crippen LogP contribution is 2.29. The highest BCUT2D eigenvalue weighted by molar-refractivity contribution is 6.31. The van der Waals surface area contributed by atoms with Crippen molar-refractivity contribution in [1.29, 1.82) is 0 Å². The van der Waals surface area contributed by atoms with Gasteiger partial charge in [0.15, 0.2) is 0 Å². The number of methoxy groups -OCH3 is 1. The number of amides is 1. The first-order valence-electron chi connectivity index (χ1n) is 7.19. The number of alkyl halides is 3. The summed E-state index contributed by atoms with van der Waals surface area (Å²) in [5.41, 5.74) is 1.12. The fourth-order valence-corrected chi connectivity index (χ4v) is 2.49. The Balaban J connectivity index is 2.15. The first-order valence-corrected chi connectivity index (χ1v) is 7.62. The summed E-state index contributed by atoms with van der Waals surface area (Å²) in [5.74, 6) is 0.147. The highest BCUT2D eigenvalue weighted by atomic mass is 35.5. The summed E-state index contributed by atoms with van der Waals surface area (Å²) in [5, 5.41) is -0.797. The molecule has 0 N–H and O–H groups in total. The minimum Gasteiger partial charge on any atom is -0.491 e. The molecule has 0 saturated heterocycles. The van der Waals surface area contributed by atoms with Crippen molar-refractivity contribution in [2.75, 3.05) is 26.9 Å². The van der Waals surface area contributed by atoms with E-state index in [0.717, 1.165) is 4.90 Å². The van der Waals surface area contributed by atoms with Crippen molar-refractivity contribution in [3.63, 3.8) is 0 Å². The smallest absolute Gasteiger partial charge is 0.256 e. The Bertz CT molecular complexity index is 563. The maximum Gasteiger partial charge on any atom is 0.256 e. The normalized spacial score (nSPS) is 18.3. The number of rotatable bonds is 7. The first kappa shape index (κ1) is 17.7. The minimum absolute atomic E-state index is 0.321. The Hall–Kier alpha value is -1.66. The van der Waals surface area contributed by atoms with Gasteiger partial charge in [-0.3, -0.25) is 4.79 Å². The third-order valence-corrected chi connectivity index (χ3v) is 3.73. The van der Waals surface area contributed by atoms with Crippen LogP contribution in [0.3, 0.4) is 0 Å². The van der Waals surface area contributed by atoms with Gasteiger partial charge in [0.1, 0.15) is 17.7 Å². The van der Waals surface area contributed by atoms with E-state index in [1.165, 1.54) is 0 Å². The van der Waals surface area contributed by atoms with Crippen molar-refractivity contribution in [1.82, 2.24) is 4.90 Å². The van der Waals surface area contributed by atoms with Crippen LogP contribution in [0.15, 0.2) is 30.3 Å². The number of nitrogens with zero attached hydrogens (tertiary/aromatic N) is 1. The lowest BCUT2D eigenvalue weighted by Gasteiger charge is -2.31. The van der Waals surface area contributed by atoms with Gasteiger partial charge in [0.05, 0.1) is 13.2 Å². The van der Waals surface area contributed by atoms with Crippen LogP contribution in [-0.2, 0) is 9.53 Å². The average molecular weight is 346 g/mol. The Kier molecular flexibility index (Phi) is 6.36. The van der Waals surface area contributed by atoms with Crippen LogP contribution < -0.4 is 4.74 Å². The molecule has 23 heavy (non-hydrogen) atoms. The molecule has 1 amide bonds. The quantitative estimate of drug-likeness (QED) is 0.563. The van der Waals surface area contributed by atoms with E-state index in [-0.39, 0.29) is 0 Å². The van der Waals surface area contributed by atoms with Gasteiger partial charge in [0.2, 0.25) is 5.91 Å². The summed E-state index contributed by atoms with van der Waals surface area (Å²) in [4.78, 5) is 13.1. The van der Waals surface area contributed by atoms with Crippen LogP contribution in [0, 0.1) is 0 Å². The molecule has 0 spiro atoms. The molecule has 1 atom stereocenters. The van der Waals surface area contributed by atoms with Crippen molar-refractivity contribution < 1.29 is 23.0 Å². The molecule has 0 saturated carbocycles. The van der Waals surface area contributed by atoms with E-state index < -0.39 is 24.3 Å². The summed E-state index contributed by atoms with van der Waals surface area (Å²) in [6.45, 7) is 0.225. The molecular weight excluding hydrogens is 328 g/mol. The van der Waals surface area contributed by atoms with Gasteiger partial charge in [-0.2, -0.15) is 0 Å². The van der Waals surface area contributed by atoms with Crippen molar-refractivity contribution >= 4 is 23.2 Å². The monoisotopic (exact) mass is 345 g/mol. The second-order valence-corrected chi connectivity index (χ2v) is 5.52. The minimum atomic E-state index is -2.62. The molecule has 1 aromatic rings. The summed E-state index contributed by atoms with van der Waals surface area (Å²) in [6.07, 6.45) is -0.593. The number of carbonyl (C=O) groups excluding carboxylic acids is 1. The summed E-state index contributed by atoms with van der Waals surface area (Å²) in [7, 11) is 1.58. The number of allylic oxidation sites excluding steroid dienone is 1. The SMILES string of the molecule is COCCOc1ccc(C2=CCC(Cl)C(=O)N2CC(F)F)cc1. The van der Waals surface area contributed by atoms with Gasteiger partial charge in [-0.05, 0) is 36.2 Å². The standard InChI is InChI=1S/C16H18ClF2NO3/c1-22-8-9-23-12-4-2-11(3-5-12)14-7-6-13(17)16(21)20(14)10-15(18)19/h2-5,7,13,15H,6,8-10H2,1H3. The van der Waals surface area contributed by atoms with Crippen LogP contribution in [0.1, 0.15) is 12.0 Å². The van der Waals surface area contributed by atoms with Crippen LogP contribution in [0.5, 0.6) is 5.75 Å². The summed E-state index contributed by atoms with van der Waals surface area (Å²) >= 11 is 5.88. The second kappa shape index (κ2) is 8.26. The highest BCUT2D eigenvalue weighted by Gasteiger charge is 2.31. The maximum atomic E-state index is 12.7. The predicted molar refractivity (Wildman–Crippen MR) is 83.8 cm³/mol. The molecule has 0 aliphatic carbocycles. The van der Waals surface area contributed by atoms with Gasteiger partial charge in [-0.15, -0.1) is 11.6 Å². The number of benzene rings is 1. The van der Waals surface area contributed by atoms with Gasteiger partial charge in [-0.1, -0.05) is 6.08 Å². The fourth-order valence-electron chi connectivity index (χ4n) is 2.28. The number of hydrogen-bond donors (Lipinski definition) is 0. The topological polar surface area (TPSA) is 38.8 Å². The molecule has 1 heterocycles. The van der Waals surface area contributed by atoms with Gasteiger partial charge in [-0.25, -0.2) is 8.78 Å². The van der Waals surface area contributed by atoms with E-state index in [1.807, 2.05) is 0 Å². The van der Waals surface area contributed by atoms with E-state index in [4.69, 9.17) is 21.1 Å². The molecule has 0 radical (unpaired) electrons. The molecule has 1 aliphatic heterocycles. The van der Waals surface area contributed by atoms with E-state index >= 15 is 0 Å². The lowest BCUT2D eigenvalue weighted by molar-refractivity contribution is -0.129. The van der Waals surface area contributed by atoms with Crippen LogP contribution in [0.2, 0.25) is 0 Å². The largest absolute Gasteiger partial charge is 0.491 e. The molecule has 0 aromatic heterocycles. The molecular formula is C16H18ClF2NO3. The van der Waals surface area contributed by atoms with Crippen LogP contribution in [0.25, 0.3) is 5.70 Å². The van der Waals surface area contributed by atoms with Crippen molar-refractivity contribution in [2.24, 2.45) is 0 Å². The van der Waals surface area contributed by atoms with E-state index in [2.05, 4.69) is 0 Å². The lowest BCUT2D eigenvalue weighted by Crippen LogP contribution is -2.41. The second-order valence-electron chi connectivity index (χ2n) is 5.00. The third-order valence-electron chi connectivity index (χ3n) is 3.37. The molecule has 1 aromatic carbocycles. The van der Waals surface area contributed by atoms with Crippen LogP contribution in [0.4, 0.5) is 8.78 Å². The zero-order valence-corrected chi connectivity index (χ0v) is 13.4. The third kappa shape index (κ3) is 4.65. The number of hydrogen-bond acceptors (Lipinski definition) is 3. The Morgan fingerprint density at radius 1 is 1.30 bits per heavy atom. The van der Waals surface area contributed by atoms with Crippen molar-refractivity contribution in [2.45, 2.75) is 18.2 Å². The molecule has 2 rings (SSSR count). The fraction of sp³-hybridized carbons (Fsp3) is 0.438. The molecule has 1 aliphatic rings. The molecule has 126 valence electrons. The molecule has 7 heteroatoms. The number of halogens is 3. The van der Waals surface area contributed by atoms with E-state index in [0.29, 0.717) is 36.6 Å². The Morgan fingerprint density at radius 3 is 2.61 bits per heavy atom. The predicted octanol–water partition coefficient (Wildman–Crippen LogP) is 3.16. The lowest BCUT2D eigenvalue weighted by atomic mass is 10.0. The molecule has 1 unspecified atom stereocenters. The van der Waals surface area contributed by atoms with Gasteiger partial charge in [0, 0.05) is 12.8 Å². The molecule has 4 nitrogen and oxygen atoms in total. The molecule has 0 fully saturated rings. The van der Waals surface area contributed by atoms with Crippen LogP contribution in [-0.4, -0.2) is 49.5 Å². The summed E-state index contributed by atoms with van der Waals surface area (Å²) in [6, 6.07) is 6.91. The van der Waals surface area contributed by atoms with Gasteiger partial charge in [0.25, 0.3) is 6.43 Å². The maximum absolute atomic E-state index is 12.7. The number of carbonyl (C=O) groups is 1. The first-order chi connectivity index (χ1) is 11.0. The van der Waals surface area contributed by atoms with Gasteiger partial charge >= 0.3 is 0 Å². The Morgan fingerprint density at radius 2 is 2.00 bits per heavy atom. The average Bonchev–Trinajstić information content (AvgIpc) is 2.53.